The van der Waals surface area contributed by atoms with Crippen molar-refractivity contribution in [2.45, 2.75) is 168 Å². The van der Waals surface area contributed by atoms with Gasteiger partial charge in [-0.25, -0.2) is 4.99 Å². The quantitative estimate of drug-likeness (QED) is 0.0425. The summed E-state index contributed by atoms with van der Waals surface area (Å²) in [7, 11) is 0. The SMILES string of the molecule is CCCCCCCCCCCCCCCCOc1cccc(C2=NC(=C[O-])C(=O)N2CCCOc2ccc(C(C)(C)CC)cc2C(C)(C)CC)c1.[Na+]. The molecule has 52 heavy (non-hydrogen) atoms. The Hall–Kier alpha value is -2.28. The van der Waals surface area contributed by atoms with E-state index in [-0.39, 0.29) is 52.0 Å². The van der Waals surface area contributed by atoms with Crippen LogP contribution in [-0.4, -0.2) is 36.4 Å². The van der Waals surface area contributed by atoms with Crippen molar-refractivity contribution in [2.75, 3.05) is 19.8 Å². The fourth-order valence-corrected chi connectivity index (χ4v) is 6.58. The molecule has 0 fully saturated rings. The van der Waals surface area contributed by atoms with Gasteiger partial charge in [0.1, 0.15) is 23.0 Å². The zero-order valence-corrected chi connectivity index (χ0v) is 36.3. The number of unbranched alkanes of at least 4 members (excludes halogenated alkanes) is 13. The molecule has 0 atom stereocenters. The first-order chi connectivity index (χ1) is 24.6. The zero-order chi connectivity index (χ0) is 37.1. The van der Waals surface area contributed by atoms with E-state index in [2.05, 4.69) is 71.7 Å². The molecule has 0 N–H and O–H groups in total. The first-order valence-electron chi connectivity index (χ1n) is 20.3. The van der Waals surface area contributed by atoms with E-state index in [0.717, 1.165) is 36.3 Å². The van der Waals surface area contributed by atoms with E-state index in [1.165, 1.54) is 94.6 Å². The number of carbonyl (C=O) groups is 1. The van der Waals surface area contributed by atoms with E-state index in [0.29, 0.717) is 38.3 Å². The van der Waals surface area contributed by atoms with E-state index in [1.54, 1.807) is 4.90 Å². The molecule has 0 saturated carbocycles. The van der Waals surface area contributed by atoms with Crippen molar-refractivity contribution in [3.63, 3.8) is 0 Å². The maximum Gasteiger partial charge on any atom is 1.00 e. The Morgan fingerprint density at radius 1 is 0.712 bits per heavy atom. The van der Waals surface area contributed by atoms with Gasteiger partial charge in [-0.05, 0) is 60.3 Å². The second-order valence-corrected chi connectivity index (χ2v) is 15.8. The summed E-state index contributed by atoms with van der Waals surface area (Å²) in [5.74, 6) is 1.76. The number of amidine groups is 1. The Morgan fingerprint density at radius 3 is 1.87 bits per heavy atom. The molecule has 0 radical (unpaired) electrons. The number of carbonyl (C=O) groups excluding carboxylic acids is 1. The van der Waals surface area contributed by atoms with Crippen molar-refractivity contribution < 1.29 is 48.9 Å². The van der Waals surface area contributed by atoms with Gasteiger partial charge in [-0.2, -0.15) is 0 Å². The summed E-state index contributed by atoms with van der Waals surface area (Å²) >= 11 is 0. The molecule has 1 amide bonds. The number of rotatable bonds is 26. The molecule has 7 heteroatoms. The number of hydrogen-bond acceptors (Lipinski definition) is 5. The summed E-state index contributed by atoms with van der Waals surface area (Å²) in [5.41, 5.74) is 3.28. The number of nitrogens with zero attached hydrogens (tertiary/aromatic N) is 2. The number of amides is 1. The third-order valence-electron chi connectivity index (χ3n) is 11.0. The van der Waals surface area contributed by atoms with Gasteiger partial charge in [-0.3, -0.25) is 9.69 Å². The summed E-state index contributed by atoms with van der Waals surface area (Å²) in [6.07, 6.45) is 21.8. The summed E-state index contributed by atoms with van der Waals surface area (Å²) in [6, 6.07) is 14.3. The van der Waals surface area contributed by atoms with E-state index in [9.17, 15) is 9.90 Å². The van der Waals surface area contributed by atoms with Crippen LogP contribution in [0.2, 0.25) is 0 Å². The largest absolute Gasteiger partial charge is 1.00 e. The molecule has 284 valence electrons. The van der Waals surface area contributed by atoms with Crippen molar-refractivity contribution in [1.82, 2.24) is 4.90 Å². The molecule has 1 aliphatic heterocycles. The minimum absolute atomic E-state index is 0. The molecule has 0 bridgehead atoms. The number of hydrogen-bond donors (Lipinski definition) is 0. The summed E-state index contributed by atoms with van der Waals surface area (Å²) in [6.45, 7) is 17.3. The number of aliphatic imine (C=N–C) groups is 1. The Kier molecular flexibility index (Phi) is 21.3. The summed E-state index contributed by atoms with van der Waals surface area (Å²) < 4.78 is 12.5. The molecular weight excluding hydrogens is 655 g/mol. The van der Waals surface area contributed by atoms with Crippen molar-refractivity contribution in [2.24, 2.45) is 4.99 Å². The normalized spacial score (nSPS) is 14.1. The molecule has 0 aliphatic carbocycles. The van der Waals surface area contributed by atoms with Crippen LogP contribution in [0.15, 0.2) is 59.4 Å². The van der Waals surface area contributed by atoms with Gasteiger partial charge in [0.05, 0.1) is 13.2 Å². The minimum Gasteiger partial charge on any atom is -0.876 e. The monoisotopic (exact) mass is 725 g/mol. The fourth-order valence-electron chi connectivity index (χ4n) is 6.58. The molecule has 6 nitrogen and oxygen atoms in total. The summed E-state index contributed by atoms with van der Waals surface area (Å²) in [4.78, 5) is 19.2. The van der Waals surface area contributed by atoms with Gasteiger partial charge < -0.3 is 14.6 Å². The van der Waals surface area contributed by atoms with Crippen LogP contribution in [0.5, 0.6) is 11.5 Å². The van der Waals surface area contributed by atoms with Gasteiger partial charge in [0.25, 0.3) is 5.91 Å². The van der Waals surface area contributed by atoms with Crippen LogP contribution in [-0.2, 0) is 15.6 Å². The van der Waals surface area contributed by atoms with Crippen molar-refractivity contribution in [1.29, 1.82) is 0 Å². The Bertz CT molecular complexity index is 1400. The van der Waals surface area contributed by atoms with E-state index < -0.39 is 0 Å². The standard InChI is InChI=1S/C45H70N2O4.Na/c1-8-11-12-13-14-15-16-17-18-19-20-21-22-23-31-50-38-27-24-26-36(33-38)42-46-40(35-48)43(49)47(42)30-25-32-51-41-29-28-37(44(4,5)9-2)34-39(41)45(6,7)10-3;/h24,26-29,33-35,48H,8-23,25,30-32H2,1-7H3;/q;+1/p-1. The van der Waals surface area contributed by atoms with E-state index in [4.69, 9.17) is 9.47 Å². The maximum absolute atomic E-state index is 13.2. The molecule has 3 rings (SSSR count). The predicted molar refractivity (Wildman–Crippen MR) is 212 cm³/mol. The van der Waals surface area contributed by atoms with Crippen molar-refractivity contribution >= 4 is 11.7 Å². The zero-order valence-electron chi connectivity index (χ0n) is 34.3. The molecule has 0 spiro atoms. The van der Waals surface area contributed by atoms with Gasteiger partial charge in [-0.15, -0.1) is 6.26 Å². The van der Waals surface area contributed by atoms with Crippen LogP contribution in [0.25, 0.3) is 0 Å². The first kappa shape index (κ1) is 45.9. The molecule has 1 heterocycles. The van der Waals surface area contributed by atoms with Crippen LogP contribution in [0.4, 0.5) is 0 Å². The van der Waals surface area contributed by atoms with Gasteiger partial charge in [0.15, 0.2) is 0 Å². The van der Waals surface area contributed by atoms with Crippen LogP contribution in [0.1, 0.15) is 174 Å². The Morgan fingerprint density at radius 2 is 1.29 bits per heavy atom. The van der Waals surface area contributed by atoms with Crippen LogP contribution in [0, 0.1) is 0 Å². The first-order valence-corrected chi connectivity index (χ1v) is 20.3. The smallest absolute Gasteiger partial charge is 0.876 e. The molecular formula is C45H69N2NaO4. The second-order valence-electron chi connectivity index (χ2n) is 15.8. The van der Waals surface area contributed by atoms with Crippen LogP contribution < -0.4 is 44.1 Å². The van der Waals surface area contributed by atoms with Crippen molar-refractivity contribution in [3.05, 3.63) is 71.1 Å². The molecule has 1 aliphatic rings. The van der Waals surface area contributed by atoms with E-state index >= 15 is 0 Å². The molecule has 2 aromatic rings. The van der Waals surface area contributed by atoms with Gasteiger partial charge in [-0.1, -0.05) is 156 Å². The minimum atomic E-state index is -0.368. The molecule has 2 aromatic carbocycles. The van der Waals surface area contributed by atoms with Crippen LogP contribution >= 0.6 is 0 Å². The van der Waals surface area contributed by atoms with Gasteiger partial charge in [0.2, 0.25) is 0 Å². The Balaban J connectivity index is 0.00000936. The van der Waals surface area contributed by atoms with E-state index in [1.807, 2.05) is 24.3 Å². The van der Waals surface area contributed by atoms with Gasteiger partial charge in [0, 0.05) is 17.7 Å². The second kappa shape index (κ2) is 24.2. The van der Waals surface area contributed by atoms with Gasteiger partial charge >= 0.3 is 29.6 Å². The third-order valence-corrected chi connectivity index (χ3v) is 11.0. The van der Waals surface area contributed by atoms with Crippen molar-refractivity contribution in [3.8, 4) is 11.5 Å². The number of ether oxygens (including phenoxy) is 2. The topological polar surface area (TPSA) is 74.2 Å². The predicted octanol–water partition coefficient (Wildman–Crippen LogP) is 8.19. The third kappa shape index (κ3) is 14.5. The number of benzene rings is 2. The molecule has 0 aromatic heterocycles. The Labute approximate surface area is 339 Å². The summed E-state index contributed by atoms with van der Waals surface area (Å²) in [5, 5.41) is 11.7. The average Bonchev–Trinajstić information content (AvgIpc) is 3.46. The van der Waals surface area contributed by atoms with Crippen LogP contribution in [0.3, 0.4) is 0 Å². The molecule has 0 saturated heterocycles. The molecule has 0 unspecified atom stereocenters. The average molecular weight is 725 g/mol. The fraction of sp³-hybridized carbons (Fsp3) is 0.644. The maximum atomic E-state index is 13.2.